The Labute approximate surface area is 147 Å². The van der Waals surface area contributed by atoms with E-state index in [9.17, 15) is 4.79 Å². The van der Waals surface area contributed by atoms with Gasteiger partial charge in [-0.15, -0.1) is 0 Å². The van der Waals surface area contributed by atoms with Crippen molar-refractivity contribution in [1.82, 2.24) is 0 Å². The Balaban J connectivity index is 2.11. The Morgan fingerprint density at radius 2 is 1.08 bits per heavy atom. The minimum atomic E-state index is 0.151. The highest BCUT2D eigenvalue weighted by molar-refractivity contribution is 5.84. The molecule has 2 rings (SSSR count). The lowest BCUT2D eigenvalue weighted by molar-refractivity contribution is -0.127. The molecule has 2 unspecified atom stereocenters. The largest absolute Gasteiger partial charge is 0.299 e. The molecule has 0 saturated heterocycles. The van der Waals surface area contributed by atoms with Crippen LogP contribution in [-0.2, 0) is 17.6 Å². The third-order valence-corrected chi connectivity index (χ3v) is 4.73. The summed E-state index contributed by atoms with van der Waals surface area (Å²) >= 11 is 0. The topological polar surface area (TPSA) is 17.1 Å². The Kier molecular flexibility index (Phi) is 7.74. The predicted octanol–water partition coefficient (Wildman–Crippen LogP) is 5.87. The average Bonchev–Trinajstić information content (AvgIpc) is 2.62. The van der Waals surface area contributed by atoms with Crippen molar-refractivity contribution < 1.29 is 4.79 Å². The van der Waals surface area contributed by atoms with Crippen LogP contribution in [0.15, 0.2) is 60.7 Å². The summed E-state index contributed by atoms with van der Waals surface area (Å²) in [5, 5.41) is 0. The first-order valence-corrected chi connectivity index (χ1v) is 9.36. The van der Waals surface area contributed by atoms with Gasteiger partial charge in [-0.2, -0.15) is 0 Å². The Morgan fingerprint density at radius 3 is 1.42 bits per heavy atom. The van der Waals surface area contributed by atoms with Crippen molar-refractivity contribution >= 4 is 5.78 Å². The molecular weight excluding hydrogens is 292 g/mol. The van der Waals surface area contributed by atoms with Gasteiger partial charge in [0.05, 0.1) is 0 Å². The van der Waals surface area contributed by atoms with Crippen molar-refractivity contribution in [2.45, 2.75) is 52.4 Å². The Hall–Kier alpha value is -1.89. The highest BCUT2D eigenvalue weighted by Gasteiger charge is 2.26. The molecule has 1 nitrogen and oxygen atoms in total. The van der Waals surface area contributed by atoms with Crippen LogP contribution in [0.1, 0.15) is 50.7 Å². The van der Waals surface area contributed by atoms with E-state index < -0.39 is 0 Å². The van der Waals surface area contributed by atoms with Crippen molar-refractivity contribution in [2.24, 2.45) is 11.8 Å². The molecule has 0 aromatic heterocycles. The normalized spacial score (nSPS) is 13.4. The summed E-state index contributed by atoms with van der Waals surface area (Å²) in [6.45, 7) is 4.36. The zero-order valence-electron chi connectivity index (χ0n) is 15.1. The van der Waals surface area contributed by atoms with Crippen LogP contribution in [0.2, 0.25) is 0 Å². The lowest BCUT2D eigenvalue weighted by Gasteiger charge is -2.22. The maximum atomic E-state index is 13.2. The molecule has 0 bridgehead atoms. The molecule has 0 spiro atoms. The summed E-state index contributed by atoms with van der Waals surface area (Å²) < 4.78 is 0. The van der Waals surface area contributed by atoms with Crippen molar-refractivity contribution in [1.29, 1.82) is 0 Å². The standard InChI is InChI=1S/C23H30O/c1-3-11-21(17-19-13-7-5-8-14-19)23(24)22(12-4-2)18-20-15-9-6-10-16-20/h5-10,13-16,21-22H,3-4,11-12,17-18H2,1-2H3. The molecule has 0 radical (unpaired) electrons. The van der Waals surface area contributed by atoms with Gasteiger partial charge in [0, 0.05) is 11.8 Å². The lowest BCUT2D eigenvalue weighted by atomic mass is 9.80. The zero-order valence-corrected chi connectivity index (χ0v) is 15.1. The van der Waals surface area contributed by atoms with E-state index in [0.717, 1.165) is 38.5 Å². The molecule has 0 aliphatic heterocycles. The van der Waals surface area contributed by atoms with Crippen LogP contribution in [0, 0.1) is 11.8 Å². The SMILES string of the molecule is CCCC(Cc1ccccc1)C(=O)C(CCC)Cc1ccccc1. The molecule has 0 heterocycles. The first-order chi connectivity index (χ1) is 11.7. The number of carbonyl (C=O) groups excluding carboxylic acids is 1. The van der Waals surface area contributed by atoms with Crippen LogP contribution in [0.25, 0.3) is 0 Å². The van der Waals surface area contributed by atoms with E-state index in [2.05, 4.69) is 62.4 Å². The third kappa shape index (κ3) is 5.63. The van der Waals surface area contributed by atoms with Crippen molar-refractivity contribution in [3.63, 3.8) is 0 Å². The van der Waals surface area contributed by atoms with Gasteiger partial charge in [0.1, 0.15) is 5.78 Å². The summed E-state index contributed by atoms with van der Waals surface area (Å²) in [6, 6.07) is 20.9. The molecular formula is C23H30O. The van der Waals surface area contributed by atoms with Gasteiger partial charge >= 0.3 is 0 Å². The summed E-state index contributed by atoms with van der Waals surface area (Å²) in [7, 11) is 0. The van der Waals surface area contributed by atoms with Crippen LogP contribution in [0.3, 0.4) is 0 Å². The third-order valence-electron chi connectivity index (χ3n) is 4.73. The van der Waals surface area contributed by atoms with E-state index in [1.807, 2.05) is 12.1 Å². The molecule has 2 aromatic carbocycles. The molecule has 0 N–H and O–H groups in total. The second-order valence-electron chi connectivity index (χ2n) is 6.75. The van der Waals surface area contributed by atoms with E-state index in [-0.39, 0.29) is 11.8 Å². The highest BCUT2D eigenvalue weighted by atomic mass is 16.1. The minimum Gasteiger partial charge on any atom is -0.299 e. The van der Waals surface area contributed by atoms with E-state index >= 15 is 0 Å². The fourth-order valence-electron chi connectivity index (χ4n) is 3.52. The molecule has 24 heavy (non-hydrogen) atoms. The predicted molar refractivity (Wildman–Crippen MR) is 102 cm³/mol. The zero-order chi connectivity index (χ0) is 17.2. The number of Topliss-reactive ketones (excluding diaryl/α,β-unsaturated/α-hetero) is 1. The fraction of sp³-hybridized carbons (Fsp3) is 0.435. The summed E-state index contributed by atoms with van der Waals surface area (Å²) in [4.78, 5) is 13.2. The van der Waals surface area contributed by atoms with E-state index in [4.69, 9.17) is 0 Å². The van der Waals surface area contributed by atoms with Crippen LogP contribution in [0.4, 0.5) is 0 Å². The summed E-state index contributed by atoms with van der Waals surface area (Å²) in [5.41, 5.74) is 2.55. The van der Waals surface area contributed by atoms with E-state index in [1.54, 1.807) is 0 Å². The number of carbonyl (C=O) groups is 1. The Bertz CT molecular complexity index is 534. The molecule has 0 saturated carbocycles. The maximum Gasteiger partial charge on any atom is 0.139 e. The maximum absolute atomic E-state index is 13.2. The van der Waals surface area contributed by atoms with Gasteiger partial charge < -0.3 is 0 Å². The highest BCUT2D eigenvalue weighted by Crippen LogP contribution is 2.24. The summed E-state index contributed by atoms with van der Waals surface area (Å²) in [5.74, 6) is 0.765. The molecule has 0 fully saturated rings. The van der Waals surface area contributed by atoms with Gasteiger partial charge in [-0.25, -0.2) is 0 Å². The fourth-order valence-corrected chi connectivity index (χ4v) is 3.52. The Morgan fingerprint density at radius 1 is 0.708 bits per heavy atom. The number of hydrogen-bond donors (Lipinski definition) is 0. The monoisotopic (exact) mass is 322 g/mol. The van der Waals surface area contributed by atoms with Crippen LogP contribution in [0.5, 0.6) is 0 Å². The summed E-state index contributed by atoms with van der Waals surface area (Å²) in [6.07, 6.45) is 5.86. The van der Waals surface area contributed by atoms with Gasteiger partial charge in [-0.3, -0.25) is 4.79 Å². The van der Waals surface area contributed by atoms with Gasteiger partial charge in [0.2, 0.25) is 0 Å². The quantitative estimate of drug-likeness (QED) is 0.534. The minimum absolute atomic E-state index is 0.151. The van der Waals surface area contributed by atoms with Gasteiger partial charge in [0.25, 0.3) is 0 Å². The van der Waals surface area contributed by atoms with Gasteiger partial charge in [-0.05, 0) is 36.8 Å². The van der Waals surface area contributed by atoms with Crippen molar-refractivity contribution in [2.75, 3.05) is 0 Å². The smallest absolute Gasteiger partial charge is 0.139 e. The molecule has 1 heteroatoms. The molecule has 2 aromatic rings. The van der Waals surface area contributed by atoms with Crippen molar-refractivity contribution in [3.05, 3.63) is 71.8 Å². The second-order valence-corrected chi connectivity index (χ2v) is 6.75. The van der Waals surface area contributed by atoms with Gasteiger partial charge in [0.15, 0.2) is 0 Å². The van der Waals surface area contributed by atoms with Crippen molar-refractivity contribution in [3.8, 4) is 0 Å². The lowest BCUT2D eigenvalue weighted by Crippen LogP contribution is -2.27. The first-order valence-electron chi connectivity index (χ1n) is 9.36. The van der Waals surface area contributed by atoms with Crippen LogP contribution >= 0.6 is 0 Å². The van der Waals surface area contributed by atoms with Gasteiger partial charge in [-0.1, -0.05) is 87.4 Å². The second kappa shape index (κ2) is 10.1. The number of hydrogen-bond acceptors (Lipinski definition) is 1. The molecule has 0 aliphatic rings. The number of rotatable bonds is 10. The van der Waals surface area contributed by atoms with Crippen LogP contribution < -0.4 is 0 Å². The van der Waals surface area contributed by atoms with E-state index in [0.29, 0.717) is 5.78 Å². The first kappa shape index (κ1) is 18.4. The number of ketones is 1. The molecule has 2 atom stereocenters. The van der Waals surface area contributed by atoms with E-state index in [1.165, 1.54) is 11.1 Å². The van der Waals surface area contributed by atoms with Crippen LogP contribution in [-0.4, -0.2) is 5.78 Å². The number of benzene rings is 2. The molecule has 0 amide bonds. The molecule has 128 valence electrons. The average molecular weight is 322 g/mol. The molecule has 0 aliphatic carbocycles.